The van der Waals surface area contributed by atoms with Crippen molar-refractivity contribution in [1.29, 1.82) is 0 Å². The second-order valence-corrected chi connectivity index (χ2v) is 6.42. The Morgan fingerprint density at radius 1 is 1.12 bits per heavy atom. The molecule has 1 atom stereocenters. The van der Waals surface area contributed by atoms with Gasteiger partial charge in [0.1, 0.15) is 18.7 Å². The standard InChI is InChI=1S/C17H17N5O2S/c1-11-7-8-25-15(11)17(24)21-14-5-3-13(4-6-14)20-16(23)12(2)22-10-18-9-19-22/h3-10,12H,1-2H3,(H,20,23)(H,21,24). The van der Waals surface area contributed by atoms with Crippen molar-refractivity contribution in [3.63, 3.8) is 0 Å². The van der Waals surface area contributed by atoms with Crippen molar-refractivity contribution in [2.24, 2.45) is 0 Å². The highest BCUT2D eigenvalue weighted by Gasteiger charge is 2.15. The first kappa shape index (κ1) is 16.8. The van der Waals surface area contributed by atoms with E-state index in [4.69, 9.17) is 0 Å². The van der Waals surface area contributed by atoms with Crippen LogP contribution in [0.3, 0.4) is 0 Å². The van der Waals surface area contributed by atoms with Gasteiger partial charge in [0.05, 0.1) is 4.88 Å². The van der Waals surface area contributed by atoms with Gasteiger partial charge in [0.15, 0.2) is 0 Å². The Kier molecular flexibility index (Phi) is 4.90. The number of anilines is 2. The van der Waals surface area contributed by atoms with Gasteiger partial charge in [0.25, 0.3) is 5.91 Å². The lowest BCUT2D eigenvalue weighted by Crippen LogP contribution is -2.24. The van der Waals surface area contributed by atoms with Crippen LogP contribution in [-0.2, 0) is 4.79 Å². The predicted octanol–water partition coefficient (Wildman–Crippen LogP) is 3.10. The van der Waals surface area contributed by atoms with Gasteiger partial charge in [-0.15, -0.1) is 11.3 Å². The number of nitrogens with zero attached hydrogens (tertiary/aromatic N) is 3. The quantitative estimate of drug-likeness (QED) is 0.736. The van der Waals surface area contributed by atoms with Gasteiger partial charge in [-0.25, -0.2) is 9.67 Å². The molecular weight excluding hydrogens is 338 g/mol. The third-order valence-electron chi connectivity index (χ3n) is 3.69. The molecule has 8 heteroatoms. The number of benzene rings is 1. The summed E-state index contributed by atoms with van der Waals surface area (Å²) in [6, 6.07) is 8.41. The Labute approximate surface area is 148 Å². The molecule has 2 amide bonds. The molecule has 2 N–H and O–H groups in total. The molecule has 2 heterocycles. The number of thiophene rings is 1. The first-order valence-electron chi connectivity index (χ1n) is 7.65. The summed E-state index contributed by atoms with van der Waals surface area (Å²) in [4.78, 5) is 28.9. The van der Waals surface area contributed by atoms with Crippen molar-refractivity contribution in [2.75, 3.05) is 10.6 Å². The van der Waals surface area contributed by atoms with Gasteiger partial charge in [-0.05, 0) is 55.1 Å². The maximum absolute atomic E-state index is 12.2. The molecule has 0 aliphatic heterocycles. The maximum atomic E-state index is 12.2. The maximum Gasteiger partial charge on any atom is 0.265 e. The van der Waals surface area contributed by atoms with Gasteiger partial charge < -0.3 is 10.6 Å². The number of aryl methyl sites for hydroxylation is 1. The monoisotopic (exact) mass is 355 g/mol. The van der Waals surface area contributed by atoms with Crippen molar-refractivity contribution in [3.05, 3.63) is 58.8 Å². The van der Waals surface area contributed by atoms with Gasteiger partial charge >= 0.3 is 0 Å². The topological polar surface area (TPSA) is 88.9 Å². The van der Waals surface area contributed by atoms with Gasteiger partial charge in [-0.1, -0.05) is 0 Å². The van der Waals surface area contributed by atoms with Crippen LogP contribution in [-0.4, -0.2) is 26.6 Å². The predicted molar refractivity (Wildman–Crippen MR) is 96.8 cm³/mol. The van der Waals surface area contributed by atoms with Crippen LogP contribution in [0.4, 0.5) is 11.4 Å². The summed E-state index contributed by atoms with van der Waals surface area (Å²) in [6.07, 6.45) is 2.88. The van der Waals surface area contributed by atoms with Crippen molar-refractivity contribution in [3.8, 4) is 0 Å². The van der Waals surface area contributed by atoms with E-state index in [0.29, 0.717) is 16.3 Å². The smallest absolute Gasteiger partial charge is 0.265 e. The average molecular weight is 355 g/mol. The van der Waals surface area contributed by atoms with E-state index >= 15 is 0 Å². The van der Waals surface area contributed by atoms with E-state index in [2.05, 4.69) is 20.7 Å². The summed E-state index contributed by atoms with van der Waals surface area (Å²) in [5.74, 6) is -0.333. The van der Waals surface area contributed by atoms with Gasteiger partial charge in [-0.3, -0.25) is 9.59 Å². The number of carbonyl (C=O) groups excluding carboxylic acids is 2. The van der Waals surface area contributed by atoms with Crippen LogP contribution in [0.25, 0.3) is 0 Å². The first-order chi connectivity index (χ1) is 12.0. The molecule has 0 aliphatic rings. The molecule has 7 nitrogen and oxygen atoms in total. The van der Waals surface area contributed by atoms with E-state index < -0.39 is 6.04 Å². The van der Waals surface area contributed by atoms with Crippen LogP contribution in [0, 0.1) is 6.92 Å². The highest BCUT2D eigenvalue weighted by Crippen LogP contribution is 2.19. The zero-order valence-electron chi connectivity index (χ0n) is 13.8. The third kappa shape index (κ3) is 3.92. The molecule has 0 fully saturated rings. The molecule has 0 spiro atoms. The number of rotatable bonds is 5. The fourth-order valence-corrected chi connectivity index (χ4v) is 3.03. The second-order valence-electron chi connectivity index (χ2n) is 5.50. The van der Waals surface area contributed by atoms with E-state index in [9.17, 15) is 9.59 Å². The van der Waals surface area contributed by atoms with Crippen LogP contribution in [0.1, 0.15) is 28.2 Å². The van der Waals surface area contributed by atoms with E-state index in [0.717, 1.165) is 5.56 Å². The van der Waals surface area contributed by atoms with Crippen LogP contribution in [0.5, 0.6) is 0 Å². The Hall–Kier alpha value is -3.00. The van der Waals surface area contributed by atoms with Crippen molar-refractivity contribution in [1.82, 2.24) is 14.8 Å². The lowest BCUT2D eigenvalue weighted by atomic mass is 10.2. The number of carbonyl (C=O) groups is 2. The minimum absolute atomic E-state index is 0.135. The van der Waals surface area contributed by atoms with Crippen LogP contribution >= 0.6 is 11.3 Å². The lowest BCUT2D eigenvalue weighted by molar-refractivity contribution is -0.119. The Balaban J connectivity index is 1.61. The zero-order valence-corrected chi connectivity index (χ0v) is 14.6. The molecule has 0 saturated carbocycles. The second kappa shape index (κ2) is 7.27. The summed E-state index contributed by atoms with van der Waals surface area (Å²) in [6.45, 7) is 3.64. The minimum atomic E-state index is -0.469. The molecule has 3 aromatic rings. The molecule has 0 bridgehead atoms. The molecule has 128 valence electrons. The molecule has 0 aliphatic carbocycles. The molecule has 2 aromatic heterocycles. The highest BCUT2D eigenvalue weighted by molar-refractivity contribution is 7.12. The molecular formula is C17H17N5O2S. The molecule has 0 saturated heterocycles. The first-order valence-corrected chi connectivity index (χ1v) is 8.53. The van der Waals surface area contributed by atoms with Gasteiger partial charge in [0, 0.05) is 11.4 Å². The fraction of sp³-hybridized carbons (Fsp3) is 0.176. The summed E-state index contributed by atoms with van der Waals surface area (Å²) in [5.41, 5.74) is 2.26. The van der Waals surface area contributed by atoms with E-state index in [1.807, 2.05) is 18.4 Å². The SMILES string of the molecule is Cc1ccsc1C(=O)Nc1ccc(NC(=O)C(C)n2cncn2)cc1. The van der Waals surface area contributed by atoms with E-state index in [-0.39, 0.29) is 11.8 Å². The summed E-state index contributed by atoms with van der Waals surface area (Å²) in [5, 5.41) is 11.5. The van der Waals surface area contributed by atoms with Crippen LogP contribution < -0.4 is 10.6 Å². The number of nitrogens with one attached hydrogen (secondary N) is 2. The number of hydrogen-bond acceptors (Lipinski definition) is 5. The largest absolute Gasteiger partial charge is 0.324 e. The number of aromatic nitrogens is 3. The molecule has 25 heavy (non-hydrogen) atoms. The zero-order chi connectivity index (χ0) is 17.8. The van der Waals surface area contributed by atoms with Crippen LogP contribution in [0.15, 0.2) is 48.4 Å². The van der Waals surface area contributed by atoms with Gasteiger partial charge in [0.2, 0.25) is 5.91 Å². The van der Waals surface area contributed by atoms with Gasteiger partial charge in [-0.2, -0.15) is 5.10 Å². The Bertz CT molecular complexity index is 871. The van der Waals surface area contributed by atoms with E-state index in [1.54, 1.807) is 31.2 Å². The van der Waals surface area contributed by atoms with Crippen molar-refractivity contribution < 1.29 is 9.59 Å². The molecule has 3 rings (SSSR count). The lowest BCUT2D eigenvalue weighted by Gasteiger charge is -2.12. The summed E-state index contributed by atoms with van der Waals surface area (Å²) >= 11 is 1.41. The third-order valence-corrected chi connectivity index (χ3v) is 4.71. The summed E-state index contributed by atoms with van der Waals surface area (Å²) < 4.78 is 1.48. The normalized spacial score (nSPS) is 11.8. The van der Waals surface area contributed by atoms with Crippen molar-refractivity contribution in [2.45, 2.75) is 19.9 Å². The molecule has 1 aromatic carbocycles. The average Bonchev–Trinajstić information content (AvgIpc) is 3.27. The van der Waals surface area contributed by atoms with E-state index in [1.165, 1.54) is 28.7 Å². The van der Waals surface area contributed by atoms with Crippen LogP contribution in [0.2, 0.25) is 0 Å². The number of hydrogen-bond donors (Lipinski definition) is 2. The Morgan fingerprint density at radius 3 is 2.36 bits per heavy atom. The Morgan fingerprint density at radius 2 is 1.80 bits per heavy atom. The summed E-state index contributed by atoms with van der Waals surface area (Å²) in [7, 11) is 0. The molecule has 0 radical (unpaired) electrons. The highest BCUT2D eigenvalue weighted by atomic mass is 32.1. The minimum Gasteiger partial charge on any atom is -0.324 e. The number of amides is 2. The van der Waals surface area contributed by atoms with Crippen molar-refractivity contribution >= 4 is 34.5 Å². The molecule has 1 unspecified atom stereocenters. The fourth-order valence-electron chi connectivity index (χ4n) is 2.21.